The van der Waals surface area contributed by atoms with Crippen LogP contribution >= 0.6 is 0 Å². The number of hydrogen-bond acceptors (Lipinski definition) is 5. The normalized spacial score (nSPS) is 11.0. The molecule has 35 heavy (non-hydrogen) atoms. The average molecular weight is 475 g/mol. The van der Waals surface area contributed by atoms with E-state index >= 15 is 0 Å². The van der Waals surface area contributed by atoms with Crippen LogP contribution in [0.2, 0.25) is 0 Å². The number of hydrogen-bond donors (Lipinski definition) is 1. The molecule has 3 aromatic carbocycles. The second-order valence-corrected chi connectivity index (χ2v) is 8.36. The van der Waals surface area contributed by atoms with Crippen LogP contribution in [0, 0.1) is 0 Å². The Morgan fingerprint density at radius 1 is 0.886 bits per heavy atom. The third kappa shape index (κ3) is 7.95. The van der Waals surface area contributed by atoms with E-state index in [1.54, 1.807) is 36.5 Å². The van der Waals surface area contributed by atoms with Crippen LogP contribution in [-0.4, -0.2) is 24.7 Å². The Morgan fingerprint density at radius 2 is 1.63 bits per heavy atom. The van der Waals surface area contributed by atoms with Crippen molar-refractivity contribution in [2.75, 3.05) is 6.61 Å². The molecule has 0 heterocycles. The molecule has 6 nitrogen and oxygen atoms in total. The van der Waals surface area contributed by atoms with Crippen molar-refractivity contribution in [3.63, 3.8) is 0 Å². The summed E-state index contributed by atoms with van der Waals surface area (Å²) >= 11 is 0. The zero-order valence-electron chi connectivity index (χ0n) is 20.6. The van der Waals surface area contributed by atoms with Crippen LogP contribution in [0.5, 0.6) is 11.5 Å². The van der Waals surface area contributed by atoms with Gasteiger partial charge in [-0.05, 0) is 54.4 Å². The van der Waals surface area contributed by atoms with E-state index in [0.29, 0.717) is 35.7 Å². The fraction of sp³-hybridized carbons (Fsp3) is 0.345. The van der Waals surface area contributed by atoms with Crippen LogP contribution < -0.4 is 14.9 Å². The second-order valence-electron chi connectivity index (χ2n) is 8.36. The summed E-state index contributed by atoms with van der Waals surface area (Å²) in [5.74, 6) is 0.464. The highest BCUT2D eigenvalue weighted by molar-refractivity contribution is 6.04. The molecular formula is C29H34N2O4. The summed E-state index contributed by atoms with van der Waals surface area (Å²) in [6.07, 6.45) is 8.71. The second kappa shape index (κ2) is 13.9. The molecule has 3 aromatic rings. The molecule has 0 saturated carbocycles. The average Bonchev–Trinajstić information content (AvgIpc) is 2.87. The summed E-state index contributed by atoms with van der Waals surface area (Å²) in [7, 11) is 0. The third-order valence-corrected chi connectivity index (χ3v) is 5.67. The zero-order chi connectivity index (χ0) is 24.9. The Kier molecular flexibility index (Phi) is 10.3. The number of benzene rings is 3. The van der Waals surface area contributed by atoms with Crippen molar-refractivity contribution in [2.45, 2.75) is 58.8 Å². The minimum atomic E-state index is -0.481. The Bertz CT molecular complexity index is 1140. The third-order valence-electron chi connectivity index (χ3n) is 5.67. The lowest BCUT2D eigenvalue weighted by Crippen LogP contribution is -2.17. The molecule has 1 amide bonds. The summed E-state index contributed by atoms with van der Waals surface area (Å²) < 4.78 is 11.2. The Balaban J connectivity index is 1.69. The molecule has 184 valence electrons. The van der Waals surface area contributed by atoms with Crippen molar-refractivity contribution in [1.82, 2.24) is 5.43 Å². The number of rotatable bonds is 13. The molecule has 0 aliphatic carbocycles. The van der Waals surface area contributed by atoms with Gasteiger partial charge in [-0.1, -0.05) is 69.4 Å². The first-order chi connectivity index (χ1) is 17.1. The lowest BCUT2D eigenvalue weighted by molar-refractivity contribution is -0.121. The number of nitrogens with one attached hydrogen (secondary N) is 1. The fourth-order valence-electron chi connectivity index (χ4n) is 3.80. The van der Waals surface area contributed by atoms with Gasteiger partial charge in [0.15, 0.2) is 0 Å². The van der Waals surface area contributed by atoms with Gasteiger partial charge in [0, 0.05) is 12.0 Å². The minimum Gasteiger partial charge on any atom is -0.494 e. The van der Waals surface area contributed by atoms with Gasteiger partial charge in [0.25, 0.3) is 0 Å². The van der Waals surface area contributed by atoms with Crippen LogP contribution in [0.3, 0.4) is 0 Å². The smallest absolute Gasteiger partial charge is 0.343 e. The molecule has 0 bridgehead atoms. The van der Waals surface area contributed by atoms with Gasteiger partial charge in [0.1, 0.15) is 11.5 Å². The van der Waals surface area contributed by atoms with Crippen LogP contribution in [-0.2, 0) is 4.79 Å². The Hall–Kier alpha value is -3.67. The Morgan fingerprint density at radius 3 is 2.40 bits per heavy atom. The van der Waals surface area contributed by atoms with Gasteiger partial charge in [0.05, 0.1) is 18.4 Å². The molecule has 0 spiro atoms. The molecule has 0 saturated heterocycles. The predicted octanol–water partition coefficient (Wildman–Crippen LogP) is 6.66. The maximum Gasteiger partial charge on any atom is 0.343 e. The highest BCUT2D eigenvalue weighted by atomic mass is 16.5. The minimum absolute atomic E-state index is 0.120. The predicted molar refractivity (Wildman–Crippen MR) is 140 cm³/mol. The molecular weight excluding hydrogens is 440 g/mol. The van der Waals surface area contributed by atoms with E-state index in [4.69, 9.17) is 9.47 Å². The van der Waals surface area contributed by atoms with Gasteiger partial charge >= 0.3 is 5.97 Å². The zero-order valence-corrected chi connectivity index (χ0v) is 20.6. The number of unbranched alkanes of at least 4 members (excludes halogenated alkanes) is 5. The number of carbonyl (C=O) groups excluding carboxylic acids is 2. The SMILES string of the molecule is CCCCCCCCC(=O)N/N=C/c1c(OC(=O)c2ccc(OCC)cc2)ccc2ccccc12. The van der Waals surface area contributed by atoms with Gasteiger partial charge in [-0.2, -0.15) is 5.10 Å². The molecule has 0 radical (unpaired) electrons. The summed E-state index contributed by atoms with van der Waals surface area (Å²) in [6.45, 7) is 4.65. The van der Waals surface area contributed by atoms with Gasteiger partial charge in [0.2, 0.25) is 5.91 Å². The molecule has 0 unspecified atom stereocenters. The number of carbonyl (C=O) groups is 2. The van der Waals surface area contributed by atoms with Crippen molar-refractivity contribution in [3.05, 3.63) is 71.8 Å². The Labute approximate surface area is 207 Å². The molecule has 0 fully saturated rings. The summed E-state index contributed by atoms with van der Waals surface area (Å²) in [5.41, 5.74) is 3.65. The molecule has 1 N–H and O–H groups in total. The van der Waals surface area contributed by atoms with Gasteiger partial charge in [-0.15, -0.1) is 0 Å². The highest BCUT2D eigenvalue weighted by Gasteiger charge is 2.14. The van der Waals surface area contributed by atoms with E-state index < -0.39 is 5.97 Å². The van der Waals surface area contributed by atoms with Crippen LogP contribution in [0.1, 0.15) is 74.7 Å². The molecule has 3 rings (SSSR count). The number of ether oxygens (including phenoxy) is 2. The van der Waals surface area contributed by atoms with E-state index in [-0.39, 0.29) is 5.91 Å². The quantitative estimate of drug-likeness (QED) is 0.0988. The monoisotopic (exact) mass is 474 g/mol. The summed E-state index contributed by atoms with van der Waals surface area (Å²) in [6, 6.07) is 18.2. The largest absolute Gasteiger partial charge is 0.494 e. The first-order valence-corrected chi connectivity index (χ1v) is 12.4. The standard InChI is InChI=1S/C29H34N2O4/c1-3-5-6-7-8-9-14-28(32)31-30-21-26-25-13-11-10-12-22(25)17-20-27(26)35-29(33)23-15-18-24(19-16-23)34-4-2/h10-13,15-21H,3-9,14H2,1-2H3,(H,31,32)/b30-21+. The van der Waals surface area contributed by atoms with E-state index in [9.17, 15) is 9.59 Å². The van der Waals surface area contributed by atoms with Crippen LogP contribution in [0.4, 0.5) is 0 Å². The molecule has 0 atom stereocenters. The van der Waals surface area contributed by atoms with Crippen molar-refractivity contribution in [2.24, 2.45) is 5.10 Å². The van der Waals surface area contributed by atoms with Crippen molar-refractivity contribution < 1.29 is 19.1 Å². The van der Waals surface area contributed by atoms with E-state index in [0.717, 1.165) is 30.0 Å². The van der Waals surface area contributed by atoms with Crippen molar-refractivity contribution >= 4 is 28.9 Å². The molecule has 0 aliphatic heterocycles. The number of hydrazone groups is 1. The maximum absolute atomic E-state index is 12.8. The van der Waals surface area contributed by atoms with Crippen molar-refractivity contribution in [3.8, 4) is 11.5 Å². The lowest BCUT2D eigenvalue weighted by Gasteiger charge is -2.11. The van der Waals surface area contributed by atoms with E-state index in [2.05, 4.69) is 17.5 Å². The summed E-state index contributed by atoms with van der Waals surface area (Å²) in [5, 5.41) is 6.01. The number of esters is 1. The fourth-order valence-corrected chi connectivity index (χ4v) is 3.80. The van der Waals surface area contributed by atoms with Crippen LogP contribution in [0.25, 0.3) is 10.8 Å². The van der Waals surface area contributed by atoms with E-state index in [1.165, 1.54) is 19.3 Å². The first-order valence-electron chi connectivity index (χ1n) is 12.4. The van der Waals surface area contributed by atoms with Crippen molar-refractivity contribution in [1.29, 1.82) is 0 Å². The molecule has 6 heteroatoms. The molecule has 0 aromatic heterocycles. The number of amides is 1. The highest BCUT2D eigenvalue weighted by Crippen LogP contribution is 2.27. The van der Waals surface area contributed by atoms with Gasteiger partial charge in [-0.25, -0.2) is 10.2 Å². The van der Waals surface area contributed by atoms with Gasteiger partial charge < -0.3 is 9.47 Å². The summed E-state index contributed by atoms with van der Waals surface area (Å²) in [4.78, 5) is 25.0. The lowest BCUT2D eigenvalue weighted by atomic mass is 10.0. The van der Waals surface area contributed by atoms with Crippen LogP contribution in [0.15, 0.2) is 65.8 Å². The number of fused-ring (bicyclic) bond motifs is 1. The maximum atomic E-state index is 12.8. The first kappa shape index (κ1) is 25.9. The molecule has 0 aliphatic rings. The van der Waals surface area contributed by atoms with E-state index in [1.807, 2.05) is 37.3 Å². The van der Waals surface area contributed by atoms with Gasteiger partial charge in [-0.3, -0.25) is 4.79 Å². The number of nitrogens with zero attached hydrogens (tertiary/aromatic N) is 1. The topological polar surface area (TPSA) is 77.0 Å².